The molecule has 0 radical (unpaired) electrons. The van der Waals surface area contributed by atoms with E-state index in [0.29, 0.717) is 0 Å². The molecular formula is C14H29I. The van der Waals surface area contributed by atoms with Gasteiger partial charge in [-0.2, -0.15) is 0 Å². The average molecular weight is 324 g/mol. The second-order valence-electron chi connectivity index (χ2n) is 4.84. The lowest BCUT2D eigenvalue weighted by Crippen LogP contribution is -1.98. The Kier molecular flexibility index (Phi) is 11.8. The van der Waals surface area contributed by atoms with Crippen molar-refractivity contribution in [1.82, 2.24) is 0 Å². The third kappa shape index (κ3) is 11.0. The smallest absolute Gasteiger partial charge is 0.00813 e. The normalized spacial score (nSPS) is 15.2. The van der Waals surface area contributed by atoms with Crippen LogP contribution in [-0.2, 0) is 0 Å². The van der Waals surface area contributed by atoms with Gasteiger partial charge in [-0.15, -0.1) is 0 Å². The van der Waals surface area contributed by atoms with E-state index in [4.69, 9.17) is 0 Å². The largest absolute Gasteiger partial charge is 0.0829 e. The van der Waals surface area contributed by atoms with Gasteiger partial charge in [-0.05, 0) is 12.3 Å². The molecule has 1 heteroatoms. The van der Waals surface area contributed by atoms with Crippen molar-refractivity contribution in [2.45, 2.75) is 82.5 Å². The molecule has 0 aromatic rings. The minimum absolute atomic E-state index is 0.867. The topological polar surface area (TPSA) is 0 Å². The van der Waals surface area contributed by atoms with E-state index in [-0.39, 0.29) is 0 Å². The van der Waals surface area contributed by atoms with Crippen LogP contribution in [0.25, 0.3) is 0 Å². The van der Waals surface area contributed by atoms with E-state index >= 15 is 0 Å². The molecule has 0 heterocycles. The predicted octanol–water partition coefficient (Wildman–Crippen LogP) is 5.98. The van der Waals surface area contributed by atoms with Crippen LogP contribution in [0.5, 0.6) is 0 Å². The Morgan fingerprint density at radius 1 is 0.867 bits per heavy atom. The highest BCUT2D eigenvalue weighted by molar-refractivity contribution is 14.1. The van der Waals surface area contributed by atoms with E-state index < -0.39 is 0 Å². The number of hydrogen-bond donors (Lipinski definition) is 0. The molecule has 0 aliphatic carbocycles. The Hall–Kier alpha value is 0.730. The first-order valence-electron chi connectivity index (χ1n) is 6.84. The maximum absolute atomic E-state index is 2.53. The molecule has 0 spiro atoms. The highest BCUT2D eigenvalue weighted by Crippen LogP contribution is 2.19. The Morgan fingerprint density at radius 2 is 1.47 bits per heavy atom. The lowest BCUT2D eigenvalue weighted by atomic mass is 9.94. The zero-order valence-corrected chi connectivity index (χ0v) is 13.1. The fourth-order valence-electron chi connectivity index (χ4n) is 2.17. The highest BCUT2D eigenvalue weighted by atomic mass is 127. The Morgan fingerprint density at radius 3 is 1.93 bits per heavy atom. The summed E-state index contributed by atoms with van der Waals surface area (Å²) in [4.78, 5) is 0. The number of alkyl halides is 1. The Balaban J connectivity index is 3.21. The lowest BCUT2D eigenvalue weighted by Gasteiger charge is -2.13. The Labute approximate surface area is 111 Å². The van der Waals surface area contributed by atoms with Crippen LogP contribution in [-0.4, -0.2) is 3.92 Å². The van der Waals surface area contributed by atoms with Gasteiger partial charge in [-0.1, -0.05) is 94.7 Å². The van der Waals surface area contributed by atoms with Gasteiger partial charge >= 0.3 is 0 Å². The minimum Gasteiger partial charge on any atom is -0.0829 e. The molecule has 0 aromatic carbocycles. The summed E-state index contributed by atoms with van der Waals surface area (Å²) < 4.78 is 0.867. The van der Waals surface area contributed by atoms with Crippen LogP contribution in [0.1, 0.15) is 78.6 Å². The van der Waals surface area contributed by atoms with E-state index in [1.54, 1.807) is 0 Å². The molecule has 0 nitrogen and oxygen atoms in total. The Bertz CT molecular complexity index is 121. The number of unbranched alkanes of at least 4 members (excludes halogenated alkanes) is 3. The summed E-state index contributed by atoms with van der Waals surface area (Å²) in [6.07, 6.45) is 12.9. The lowest BCUT2D eigenvalue weighted by molar-refractivity contribution is 0.408. The van der Waals surface area contributed by atoms with Crippen LogP contribution >= 0.6 is 22.6 Å². The number of hydrogen-bond acceptors (Lipinski definition) is 0. The van der Waals surface area contributed by atoms with Crippen molar-refractivity contribution in [3.8, 4) is 0 Å². The molecule has 92 valence electrons. The summed E-state index contributed by atoms with van der Waals surface area (Å²) in [7, 11) is 0. The van der Waals surface area contributed by atoms with Crippen LogP contribution in [0.2, 0.25) is 0 Å². The van der Waals surface area contributed by atoms with E-state index in [2.05, 4.69) is 43.4 Å². The third-order valence-electron chi connectivity index (χ3n) is 3.24. The van der Waals surface area contributed by atoms with Crippen molar-refractivity contribution in [2.24, 2.45) is 5.92 Å². The standard InChI is InChI=1S/C14H29I/c1-4-10-14(5-2)12-9-7-6-8-11-13(3)15/h13-14H,4-12H2,1-3H3. The van der Waals surface area contributed by atoms with E-state index in [1.807, 2.05) is 0 Å². The summed E-state index contributed by atoms with van der Waals surface area (Å²) in [5.74, 6) is 1.01. The summed E-state index contributed by atoms with van der Waals surface area (Å²) in [6.45, 7) is 6.97. The van der Waals surface area contributed by atoms with E-state index in [0.717, 1.165) is 9.84 Å². The van der Waals surface area contributed by atoms with Crippen LogP contribution in [0, 0.1) is 5.92 Å². The molecule has 0 saturated heterocycles. The van der Waals surface area contributed by atoms with E-state index in [9.17, 15) is 0 Å². The van der Waals surface area contributed by atoms with Crippen molar-refractivity contribution in [3.63, 3.8) is 0 Å². The molecule has 0 N–H and O–H groups in total. The van der Waals surface area contributed by atoms with Gasteiger partial charge < -0.3 is 0 Å². The van der Waals surface area contributed by atoms with E-state index in [1.165, 1.54) is 57.8 Å². The third-order valence-corrected chi connectivity index (χ3v) is 3.86. The first-order valence-corrected chi connectivity index (χ1v) is 8.09. The molecule has 2 atom stereocenters. The van der Waals surface area contributed by atoms with Gasteiger partial charge in [0.1, 0.15) is 0 Å². The summed E-state index contributed by atoms with van der Waals surface area (Å²) in [5.41, 5.74) is 0. The zero-order valence-electron chi connectivity index (χ0n) is 10.9. The average Bonchev–Trinajstić information content (AvgIpc) is 2.21. The molecule has 0 aromatic heterocycles. The molecule has 0 aliphatic rings. The number of halogens is 1. The van der Waals surface area contributed by atoms with Crippen molar-refractivity contribution < 1.29 is 0 Å². The first-order chi connectivity index (χ1) is 7.20. The zero-order chi connectivity index (χ0) is 11.5. The summed E-state index contributed by atoms with van der Waals surface area (Å²) in [5, 5.41) is 0. The van der Waals surface area contributed by atoms with Crippen LogP contribution < -0.4 is 0 Å². The van der Waals surface area contributed by atoms with Crippen LogP contribution in [0.3, 0.4) is 0 Å². The van der Waals surface area contributed by atoms with Gasteiger partial charge in [-0.3, -0.25) is 0 Å². The highest BCUT2D eigenvalue weighted by Gasteiger charge is 2.04. The molecular weight excluding hydrogens is 295 g/mol. The molecule has 0 aliphatic heterocycles. The van der Waals surface area contributed by atoms with Crippen molar-refractivity contribution in [3.05, 3.63) is 0 Å². The van der Waals surface area contributed by atoms with Gasteiger partial charge in [0.25, 0.3) is 0 Å². The van der Waals surface area contributed by atoms with Crippen molar-refractivity contribution >= 4 is 22.6 Å². The first kappa shape index (κ1) is 15.7. The molecule has 2 unspecified atom stereocenters. The quantitative estimate of drug-likeness (QED) is 0.263. The van der Waals surface area contributed by atoms with Gasteiger partial charge in [0.15, 0.2) is 0 Å². The van der Waals surface area contributed by atoms with Crippen molar-refractivity contribution in [2.75, 3.05) is 0 Å². The molecule has 0 bridgehead atoms. The molecule has 0 saturated carbocycles. The molecule has 0 rings (SSSR count). The fraction of sp³-hybridized carbons (Fsp3) is 1.00. The minimum atomic E-state index is 0.867. The predicted molar refractivity (Wildman–Crippen MR) is 79.9 cm³/mol. The SMILES string of the molecule is CCCC(CC)CCCCCCC(C)I. The summed E-state index contributed by atoms with van der Waals surface area (Å²) in [6, 6.07) is 0. The fourth-order valence-corrected chi connectivity index (χ4v) is 2.61. The molecule has 0 amide bonds. The monoisotopic (exact) mass is 324 g/mol. The van der Waals surface area contributed by atoms with Crippen molar-refractivity contribution in [1.29, 1.82) is 0 Å². The van der Waals surface area contributed by atoms with Gasteiger partial charge in [0.2, 0.25) is 0 Å². The maximum Gasteiger partial charge on any atom is 0.00813 e. The van der Waals surface area contributed by atoms with Gasteiger partial charge in [0.05, 0.1) is 0 Å². The van der Waals surface area contributed by atoms with Gasteiger partial charge in [-0.25, -0.2) is 0 Å². The number of rotatable bonds is 10. The second kappa shape index (κ2) is 11.2. The second-order valence-corrected chi connectivity index (χ2v) is 6.96. The summed E-state index contributed by atoms with van der Waals surface area (Å²) >= 11 is 2.53. The molecule has 0 fully saturated rings. The molecule has 15 heavy (non-hydrogen) atoms. The van der Waals surface area contributed by atoms with Crippen LogP contribution in [0.15, 0.2) is 0 Å². The maximum atomic E-state index is 2.53. The van der Waals surface area contributed by atoms with Gasteiger partial charge in [0, 0.05) is 3.92 Å². The van der Waals surface area contributed by atoms with Crippen LogP contribution in [0.4, 0.5) is 0 Å².